The Labute approximate surface area is 177 Å². The molecular weight excluding hydrogens is 457 g/mol. The lowest BCUT2D eigenvalue weighted by Gasteiger charge is -2.19. The molecule has 1 fully saturated rings. The van der Waals surface area contributed by atoms with E-state index in [9.17, 15) is 0 Å². The highest BCUT2D eigenvalue weighted by Crippen LogP contribution is 2.23. The van der Waals surface area contributed by atoms with Gasteiger partial charge in [0.05, 0.1) is 17.2 Å². The first-order valence-electron chi connectivity index (χ1n) is 8.83. The second-order valence-corrected chi connectivity index (χ2v) is 7.77. The van der Waals surface area contributed by atoms with Crippen LogP contribution in [0.1, 0.15) is 22.0 Å². The third kappa shape index (κ3) is 5.57. The Kier molecular flexibility index (Phi) is 8.15. The highest BCUT2D eigenvalue weighted by molar-refractivity contribution is 14.0. The normalized spacial score (nSPS) is 17.1. The van der Waals surface area contributed by atoms with Crippen LogP contribution in [-0.4, -0.2) is 37.6 Å². The lowest BCUT2D eigenvalue weighted by molar-refractivity contribution is 0.566. The van der Waals surface area contributed by atoms with Gasteiger partial charge in [0, 0.05) is 37.2 Å². The largest absolute Gasteiger partial charge is 0.371 e. The zero-order valence-corrected chi connectivity index (χ0v) is 18.8. The van der Waals surface area contributed by atoms with Crippen LogP contribution in [0.15, 0.2) is 35.3 Å². The van der Waals surface area contributed by atoms with E-state index in [-0.39, 0.29) is 24.0 Å². The molecule has 2 aromatic rings. The summed E-state index contributed by atoms with van der Waals surface area (Å²) in [5.41, 5.74) is 2.43. The maximum absolute atomic E-state index is 4.47. The van der Waals surface area contributed by atoms with Crippen molar-refractivity contribution >= 4 is 47.0 Å². The molecule has 7 heteroatoms. The summed E-state index contributed by atoms with van der Waals surface area (Å²) in [4.78, 5) is 12.6. The summed E-state index contributed by atoms with van der Waals surface area (Å²) in [6.07, 6.45) is 1.21. The molecule has 0 radical (unpaired) electrons. The van der Waals surface area contributed by atoms with E-state index in [4.69, 9.17) is 0 Å². The SMILES string of the molecule is CN=C(NCc1sc(C)nc1C)NCC1CCN(c2ccccc2)C1.I. The van der Waals surface area contributed by atoms with Gasteiger partial charge in [0.1, 0.15) is 0 Å². The highest BCUT2D eigenvalue weighted by atomic mass is 127. The molecule has 2 heterocycles. The van der Waals surface area contributed by atoms with Crippen LogP contribution in [-0.2, 0) is 6.54 Å². The number of guanidine groups is 1. The number of aryl methyl sites for hydroxylation is 2. The number of anilines is 1. The first-order valence-corrected chi connectivity index (χ1v) is 9.64. The summed E-state index contributed by atoms with van der Waals surface area (Å²) in [5, 5.41) is 7.99. The fourth-order valence-corrected chi connectivity index (χ4v) is 4.11. The van der Waals surface area contributed by atoms with Crippen molar-refractivity contribution in [1.29, 1.82) is 0 Å². The number of aliphatic imine (C=N–C) groups is 1. The van der Waals surface area contributed by atoms with Crippen molar-refractivity contribution in [3.63, 3.8) is 0 Å². The van der Waals surface area contributed by atoms with Crippen molar-refractivity contribution in [3.05, 3.63) is 45.9 Å². The van der Waals surface area contributed by atoms with E-state index >= 15 is 0 Å². The molecule has 0 spiro atoms. The third-order valence-electron chi connectivity index (χ3n) is 4.60. The summed E-state index contributed by atoms with van der Waals surface area (Å²) in [6.45, 7) is 8.06. The number of halogens is 1. The van der Waals surface area contributed by atoms with Gasteiger partial charge in [0.15, 0.2) is 5.96 Å². The van der Waals surface area contributed by atoms with Gasteiger partial charge in [-0.2, -0.15) is 0 Å². The molecule has 1 unspecified atom stereocenters. The number of hydrogen-bond donors (Lipinski definition) is 2. The number of nitrogens with one attached hydrogen (secondary N) is 2. The minimum absolute atomic E-state index is 0. The van der Waals surface area contributed by atoms with Crippen molar-refractivity contribution < 1.29 is 0 Å². The van der Waals surface area contributed by atoms with E-state index < -0.39 is 0 Å². The predicted octanol–water partition coefficient (Wildman–Crippen LogP) is 3.57. The zero-order chi connectivity index (χ0) is 17.6. The van der Waals surface area contributed by atoms with Gasteiger partial charge >= 0.3 is 0 Å². The van der Waals surface area contributed by atoms with Crippen LogP contribution in [0.25, 0.3) is 0 Å². The topological polar surface area (TPSA) is 52.6 Å². The molecule has 1 saturated heterocycles. The average molecular weight is 485 g/mol. The molecule has 1 aromatic carbocycles. The second kappa shape index (κ2) is 10.1. The maximum Gasteiger partial charge on any atom is 0.191 e. The number of para-hydroxylation sites is 1. The predicted molar refractivity (Wildman–Crippen MR) is 122 cm³/mol. The monoisotopic (exact) mass is 485 g/mol. The Morgan fingerprint density at radius 2 is 2.04 bits per heavy atom. The van der Waals surface area contributed by atoms with Crippen LogP contribution in [0.2, 0.25) is 0 Å². The van der Waals surface area contributed by atoms with Crippen LogP contribution in [0.4, 0.5) is 5.69 Å². The Balaban J connectivity index is 0.00000243. The third-order valence-corrected chi connectivity index (χ3v) is 5.68. The molecule has 1 atom stereocenters. The molecule has 5 nitrogen and oxygen atoms in total. The molecule has 26 heavy (non-hydrogen) atoms. The first kappa shape index (κ1) is 21.0. The fraction of sp³-hybridized carbons (Fsp3) is 0.474. The zero-order valence-electron chi connectivity index (χ0n) is 15.7. The van der Waals surface area contributed by atoms with E-state index in [0.717, 1.165) is 42.8 Å². The molecule has 1 aromatic heterocycles. The molecule has 0 bridgehead atoms. The first-order chi connectivity index (χ1) is 12.2. The van der Waals surface area contributed by atoms with Crippen LogP contribution in [0, 0.1) is 19.8 Å². The van der Waals surface area contributed by atoms with Gasteiger partial charge in [-0.1, -0.05) is 18.2 Å². The van der Waals surface area contributed by atoms with Gasteiger partial charge in [0.2, 0.25) is 0 Å². The summed E-state index contributed by atoms with van der Waals surface area (Å²) in [7, 11) is 1.82. The lowest BCUT2D eigenvalue weighted by atomic mass is 10.1. The Hall–Kier alpha value is -1.35. The van der Waals surface area contributed by atoms with Gasteiger partial charge in [-0.3, -0.25) is 4.99 Å². The van der Waals surface area contributed by atoms with Crippen LogP contribution < -0.4 is 15.5 Å². The van der Waals surface area contributed by atoms with E-state index in [0.29, 0.717) is 5.92 Å². The molecule has 0 aliphatic carbocycles. The summed E-state index contributed by atoms with van der Waals surface area (Å²) >= 11 is 1.75. The standard InChI is InChI=1S/C19H27N5S.HI/c1-14-18(25-15(2)23-14)12-22-19(20-3)21-11-16-9-10-24(13-16)17-7-5-4-6-8-17;/h4-8,16H,9-13H2,1-3H3,(H2,20,21,22);1H. The van der Waals surface area contributed by atoms with E-state index in [1.54, 1.807) is 11.3 Å². The van der Waals surface area contributed by atoms with Gasteiger partial charge in [-0.15, -0.1) is 35.3 Å². The second-order valence-electron chi connectivity index (χ2n) is 6.48. The van der Waals surface area contributed by atoms with Crippen molar-refractivity contribution in [1.82, 2.24) is 15.6 Å². The van der Waals surface area contributed by atoms with Crippen molar-refractivity contribution in [3.8, 4) is 0 Å². The minimum Gasteiger partial charge on any atom is -0.371 e. The van der Waals surface area contributed by atoms with Gasteiger partial charge in [-0.25, -0.2) is 4.98 Å². The van der Waals surface area contributed by atoms with Crippen LogP contribution in [0.3, 0.4) is 0 Å². The molecule has 1 aliphatic heterocycles. The van der Waals surface area contributed by atoms with Crippen LogP contribution in [0.5, 0.6) is 0 Å². The van der Waals surface area contributed by atoms with Crippen LogP contribution >= 0.6 is 35.3 Å². The van der Waals surface area contributed by atoms with Gasteiger partial charge in [0.25, 0.3) is 0 Å². The molecular formula is C19H28IN5S. The lowest BCUT2D eigenvalue weighted by Crippen LogP contribution is -2.39. The van der Waals surface area contributed by atoms with Crippen molar-refractivity contribution in [2.24, 2.45) is 10.9 Å². The number of aromatic nitrogens is 1. The Morgan fingerprint density at radius 3 is 2.69 bits per heavy atom. The quantitative estimate of drug-likeness (QED) is 0.387. The molecule has 0 amide bonds. The molecule has 2 N–H and O–H groups in total. The summed E-state index contributed by atoms with van der Waals surface area (Å²) in [5.74, 6) is 1.51. The number of rotatable bonds is 5. The van der Waals surface area contributed by atoms with Gasteiger partial charge < -0.3 is 15.5 Å². The van der Waals surface area contributed by atoms with Crippen molar-refractivity contribution in [2.75, 3.05) is 31.6 Å². The highest BCUT2D eigenvalue weighted by Gasteiger charge is 2.22. The fourth-order valence-electron chi connectivity index (χ4n) is 3.24. The minimum atomic E-state index is 0. The smallest absolute Gasteiger partial charge is 0.191 e. The molecule has 1 aliphatic rings. The molecule has 3 rings (SSSR count). The number of thiazole rings is 1. The van der Waals surface area contributed by atoms with Crippen molar-refractivity contribution in [2.45, 2.75) is 26.8 Å². The number of benzene rings is 1. The Bertz CT molecular complexity index is 716. The average Bonchev–Trinajstić information content (AvgIpc) is 3.22. The maximum atomic E-state index is 4.47. The van der Waals surface area contributed by atoms with E-state index in [1.165, 1.54) is 17.0 Å². The Morgan fingerprint density at radius 1 is 1.27 bits per heavy atom. The van der Waals surface area contributed by atoms with Gasteiger partial charge in [-0.05, 0) is 38.3 Å². The van der Waals surface area contributed by atoms with E-state index in [2.05, 4.69) is 62.8 Å². The summed E-state index contributed by atoms with van der Waals surface area (Å²) < 4.78 is 0. The number of hydrogen-bond acceptors (Lipinski definition) is 4. The summed E-state index contributed by atoms with van der Waals surface area (Å²) in [6, 6.07) is 10.7. The van der Waals surface area contributed by atoms with E-state index in [1.807, 2.05) is 14.0 Å². The number of nitrogens with zero attached hydrogens (tertiary/aromatic N) is 3. The molecule has 142 valence electrons. The molecule has 0 saturated carbocycles.